The minimum atomic E-state index is -4.48. The molecule has 0 saturated carbocycles. The summed E-state index contributed by atoms with van der Waals surface area (Å²) in [6.45, 7) is 4.96. The van der Waals surface area contributed by atoms with Crippen LogP contribution in [0, 0.1) is 0 Å². The number of ether oxygens (including phenoxy) is 3. The highest BCUT2D eigenvalue weighted by atomic mass is 19.4. The van der Waals surface area contributed by atoms with Crippen molar-refractivity contribution in [2.24, 2.45) is 0 Å². The summed E-state index contributed by atoms with van der Waals surface area (Å²) < 4.78 is 55.8. The molecule has 2 aromatic rings. The minimum Gasteiger partial charge on any atom is -0.461 e. The lowest BCUT2D eigenvalue weighted by Gasteiger charge is -2.14. The Bertz CT molecular complexity index is 1030. The molecule has 1 aliphatic heterocycles. The van der Waals surface area contributed by atoms with Crippen molar-refractivity contribution in [3.8, 4) is 0 Å². The molecule has 1 aromatic carbocycles. The first-order valence-corrected chi connectivity index (χ1v) is 8.73. The van der Waals surface area contributed by atoms with Gasteiger partial charge in [-0.05, 0) is 45.0 Å². The molecule has 29 heavy (non-hydrogen) atoms. The van der Waals surface area contributed by atoms with Crippen molar-refractivity contribution in [3.63, 3.8) is 0 Å². The van der Waals surface area contributed by atoms with E-state index < -0.39 is 30.0 Å². The first-order valence-electron chi connectivity index (χ1n) is 8.73. The highest BCUT2D eigenvalue weighted by Crippen LogP contribution is 2.32. The number of hydrogen-bond donors (Lipinski definition) is 0. The first-order chi connectivity index (χ1) is 13.6. The third-order valence-corrected chi connectivity index (χ3v) is 4.53. The highest BCUT2D eigenvalue weighted by molar-refractivity contribution is 6.11. The molecule has 1 aromatic heterocycles. The summed E-state index contributed by atoms with van der Waals surface area (Å²) in [7, 11) is 0. The largest absolute Gasteiger partial charge is 0.461 e. The molecular formula is C20H18F3NO5. The van der Waals surface area contributed by atoms with E-state index in [4.69, 9.17) is 14.2 Å². The lowest BCUT2D eigenvalue weighted by molar-refractivity contribution is -0.152. The second-order valence-corrected chi connectivity index (χ2v) is 6.36. The van der Waals surface area contributed by atoms with Crippen LogP contribution in [0.3, 0.4) is 0 Å². The van der Waals surface area contributed by atoms with Crippen molar-refractivity contribution in [2.75, 3.05) is 6.61 Å². The van der Waals surface area contributed by atoms with Crippen LogP contribution >= 0.6 is 0 Å². The molecule has 0 fully saturated rings. The SMILES string of the molecule is CCOC(=O)/C(=C/OC1OC(=O)C(C)=C1C)n1ccc2cc(C(F)(F)F)ccc21. The number of hydrogen-bond acceptors (Lipinski definition) is 5. The average Bonchev–Trinajstić information content (AvgIpc) is 3.18. The Morgan fingerprint density at radius 3 is 2.59 bits per heavy atom. The van der Waals surface area contributed by atoms with Crippen LogP contribution in [0.1, 0.15) is 26.3 Å². The van der Waals surface area contributed by atoms with Gasteiger partial charge in [0.05, 0.1) is 17.7 Å². The Labute approximate surface area is 164 Å². The molecular weight excluding hydrogens is 391 g/mol. The van der Waals surface area contributed by atoms with Crippen LogP contribution in [0.15, 0.2) is 47.9 Å². The van der Waals surface area contributed by atoms with Crippen LogP contribution in [0.2, 0.25) is 0 Å². The summed E-state index contributed by atoms with van der Waals surface area (Å²) in [6.07, 6.45) is -2.96. The molecule has 3 rings (SSSR count). The predicted molar refractivity (Wildman–Crippen MR) is 97.2 cm³/mol. The molecule has 6 nitrogen and oxygen atoms in total. The number of halogens is 3. The van der Waals surface area contributed by atoms with E-state index in [1.54, 1.807) is 20.8 Å². The Morgan fingerprint density at radius 2 is 2.00 bits per heavy atom. The van der Waals surface area contributed by atoms with Gasteiger partial charge in [0, 0.05) is 22.7 Å². The normalized spacial score (nSPS) is 17.7. The fourth-order valence-corrected chi connectivity index (χ4v) is 2.81. The quantitative estimate of drug-likeness (QED) is 0.420. The van der Waals surface area contributed by atoms with E-state index in [9.17, 15) is 22.8 Å². The van der Waals surface area contributed by atoms with Crippen molar-refractivity contribution in [3.05, 3.63) is 53.4 Å². The van der Waals surface area contributed by atoms with Gasteiger partial charge in [0.15, 0.2) is 5.70 Å². The number of nitrogens with zero attached hydrogens (tertiary/aromatic N) is 1. The lowest BCUT2D eigenvalue weighted by Crippen LogP contribution is -2.16. The van der Waals surface area contributed by atoms with Crippen LogP contribution in [0.5, 0.6) is 0 Å². The number of alkyl halides is 3. The summed E-state index contributed by atoms with van der Waals surface area (Å²) in [4.78, 5) is 24.1. The van der Waals surface area contributed by atoms with E-state index in [-0.39, 0.29) is 17.7 Å². The van der Waals surface area contributed by atoms with E-state index in [0.29, 0.717) is 16.7 Å². The van der Waals surface area contributed by atoms with Crippen molar-refractivity contribution in [2.45, 2.75) is 33.2 Å². The number of cyclic esters (lactones) is 1. The molecule has 154 valence electrons. The Morgan fingerprint density at radius 1 is 1.28 bits per heavy atom. The molecule has 1 unspecified atom stereocenters. The Kier molecular flexibility index (Phi) is 5.41. The summed E-state index contributed by atoms with van der Waals surface area (Å²) in [5, 5.41) is 0.286. The van der Waals surface area contributed by atoms with Crippen LogP contribution in [0.25, 0.3) is 16.6 Å². The van der Waals surface area contributed by atoms with Gasteiger partial charge < -0.3 is 18.8 Å². The van der Waals surface area contributed by atoms with Crippen LogP contribution in [0.4, 0.5) is 13.2 Å². The second-order valence-electron chi connectivity index (χ2n) is 6.36. The third kappa shape index (κ3) is 3.98. The van der Waals surface area contributed by atoms with Crippen LogP contribution < -0.4 is 0 Å². The van der Waals surface area contributed by atoms with Crippen molar-refractivity contribution in [1.29, 1.82) is 0 Å². The molecule has 2 heterocycles. The van der Waals surface area contributed by atoms with E-state index in [0.717, 1.165) is 18.4 Å². The fraction of sp³-hybridized carbons (Fsp3) is 0.300. The summed E-state index contributed by atoms with van der Waals surface area (Å²) in [5.74, 6) is -1.27. The standard InChI is InChI=1S/C20H18F3NO5/c1-4-27-18(26)16(10-28-19-12(3)11(2)17(25)29-19)24-8-7-13-9-14(20(21,22)23)5-6-15(13)24/h5-10,19H,4H2,1-3H3/b16-10-. The van der Waals surface area contributed by atoms with E-state index in [1.165, 1.54) is 22.9 Å². The van der Waals surface area contributed by atoms with Crippen molar-refractivity contribution >= 4 is 28.5 Å². The molecule has 0 bridgehead atoms. The zero-order valence-corrected chi connectivity index (χ0v) is 15.9. The molecule has 0 radical (unpaired) electrons. The molecule has 0 aliphatic carbocycles. The number of fused-ring (bicyclic) bond motifs is 1. The van der Waals surface area contributed by atoms with Gasteiger partial charge in [0.1, 0.15) is 6.26 Å². The van der Waals surface area contributed by atoms with E-state index >= 15 is 0 Å². The van der Waals surface area contributed by atoms with Crippen LogP contribution in [-0.2, 0) is 30.0 Å². The number of carbonyl (C=O) groups excluding carboxylic acids is 2. The van der Waals surface area contributed by atoms with Gasteiger partial charge in [0.25, 0.3) is 6.29 Å². The Balaban J connectivity index is 1.99. The predicted octanol–water partition coefficient (Wildman–Crippen LogP) is 4.26. The average molecular weight is 409 g/mol. The number of aromatic nitrogens is 1. The van der Waals surface area contributed by atoms with E-state index in [2.05, 4.69) is 0 Å². The summed E-state index contributed by atoms with van der Waals surface area (Å²) >= 11 is 0. The zero-order valence-electron chi connectivity index (χ0n) is 15.9. The minimum absolute atomic E-state index is 0.0741. The molecule has 9 heteroatoms. The van der Waals surface area contributed by atoms with Crippen molar-refractivity contribution in [1.82, 2.24) is 4.57 Å². The first kappa shape index (κ1) is 20.5. The maximum Gasteiger partial charge on any atom is 0.416 e. The summed E-state index contributed by atoms with van der Waals surface area (Å²) in [5.41, 5.74) is 0.450. The molecule has 0 N–H and O–H groups in total. The number of carbonyl (C=O) groups is 2. The molecule has 1 aliphatic rings. The van der Waals surface area contributed by atoms with Crippen LogP contribution in [-0.4, -0.2) is 29.4 Å². The molecule has 0 spiro atoms. The van der Waals surface area contributed by atoms with Gasteiger partial charge in [-0.1, -0.05) is 0 Å². The topological polar surface area (TPSA) is 66.8 Å². The maximum absolute atomic E-state index is 12.9. The van der Waals surface area contributed by atoms with Gasteiger partial charge in [-0.25, -0.2) is 9.59 Å². The van der Waals surface area contributed by atoms with Gasteiger partial charge in [-0.2, -0.15) is 13.2 Å². The van der Waals surface area contributed by atoms with Gasteiger partial charge >= 0.3 is 18.1 Å². The third-order valence-electron chi connectivity index (χ3n) is 4.53. The lowest BCUT2D eigenvalue weighted by atomic mass is 10.1. The molecule has 1 atom stereocenters. The smallest absolute Gasteiger partial charge is 0.416 e. The Hall–Kier alpha value is -3.23. The molecule has 0 saturated heterocycles. The van der Waals surface area contributed by atoms with Gasteiger partial charge in [-0.3, -0.25) is 0 Å². The fourth-order valence-electron chi connectivity index (χ4n) is 2.81. The van der Waals surface area contributed by atoms with Crippen molar-refractivity contribution < 1.29 is 37.0 Å². The van der Waals surface area contributed by atoms with Gasteiger partial charge in [-0.15, -0.1) is 0 Å². The van der Waals surface area contributed by atoms with E-state index in [1.807, 2.05) is 0 Å². The number of benzene rings is 1. The molecule has 0 amide bonds. The highest BCUT2D eigenvalue weighted by Gasteiger charge is 2.31. The second kappa shape index (κ2) is 7.65. The number of esters is 2. The summed E-state index contributed by atoms with van der Waals surface area (Å²) in [6, 6.07) is 4.63. The zero-order chi connectivity index (χ0) is 21.3. The maximum atomic E-state index is 12.9. The monoisotopic (exact) mass is 409 g/mol. The van der Waals surface area contributed by atoms with Gasteiger partial charge in [0.2, 0.25) is 0 Å². The number of rotatable bonds is 5.